The Balaban J connectivity index is 2.56. The molecule has 18 heavy (non-hydrogen) atoms. The van der Waals surface area contributed by atoms with Crippen molar-refractivity contribution in [2.24, 2.45) is 0 Å². The van der Waals surface area contributed by atoms with Gasteiger partial charge >= 0.3 is 0 Å². The van der Waals surface area contributed by atoms with Gasteiger partial charge in [0.15, 0.2) is 0 Å². The highest BCUT2D eigenvalue weighted by molar-refractivity contribution is 5.94. The Hall–Kier alpha value is -1.55. The molecule has 0 radical (unpaired) electrons. The van der Waals surface area contributed by atoms with Crippen molar-refractivity contribution in [2.75, 3.05) is 20.6 Å². The maximum absolute atomic E-state index is 12.0. The van der Waals surface area contributed by atoms with E-state index in [2.05, 4.69) is 10.2 Å². The van der Waals surface area contributed by atoms with Crippen molar-refractivity contribution in [1.29, 1.82) is 0 Å². The summed E-state index contributed by atoms with van der Waals surface area (Å²) in [5.74, 6) is 0.122. The van der Waals surface area contributed by atoms with Crippen LogP contribution in [-0.4, -0.2) is 42.6 Å². The van der Waals surface area contributed by atoms with E-state index in [1.807, 2.05) is 21.0 Å². The molecule has 0 heterocycles. The molecule has 0 fully saturated rings. The number of hydrogen-bond acceptors (Lipinski definition) is 3. The number of carbonyl (C=O) groups is 1. The molecule has 1 aromatic rings. The number of rotatable bonds is 5. The van der Waals surface area contributed by atoms with Crippen molar-refractivity contribution in [3.63, 3.8) is 0 Å². The zero-order valence-corrected chi connectivity index (χ0v) is 11.5. The SMILES string of the molecule is Cc1cc(C(=O)NC(C)CCN(C)C)ccc1O. The predicted octanol–water partition coefficient (Wildman–Crippen LogP) is 1.77. The highest BCUT2D eigenvalue weighted by Gasteiger charge is 2.10. The van der Waals surface area contributed by atoms with Crippen LogP contribution in [0.3, 0.4) is 0 Å². The van der Waals surface area contributed by atoms with Crippen LogP contribution in [0.5, 0.6) is 5.75 Å². The van der Waals surface area contributed by atoms with Crippen molar-refractivity contribution in [3.05, 3.63) is 29.3 Å². The minimum Gasteiger partial charge on any atom is -0.508 e. The number of nitrogens with zero attached hydrogens (tertiary/aromatic N) is 1. The van der Waals surface area contributed by atoms with E-state index in [9.17, 15) is 9.90 Å². The lowest BCUT2D eigenvalue weighted by atomic mass is 10.1. The number of phenolic OH excluding ortho intramolecular Hbond substituents is 1. The van der Waals surface area contributed by atoms with E-state index in [-0.39, 0.29) is 17.7 Å². The molecule has 1 atom stereocenters. The summed E-state index contributed by atoms with van der Waals surface area (Å²) in [5.41, 5.74) is 1.30. The Bertz CT molecular complexity index is 416. The van der Waals surface area contributed by atoms with Gasteiger partial charge in [-0.15, -0.1) is 0 Å². The second-order valence-corrected chi connectivity index (χ2v) is 4.97. The molecule has 1 amide bonds. The van der Waals surface area contributed by atoms with Crippen LogP contribution >= 0.6 is 0 Å². The van der Waals surface area contributed by atoms with Crippen LogP contribution < -0.4 is 5.32 Å². The summed E-state index contributed by atoms with van der Waals surface area (Å²) in [6, 6.07) is 5.02. The second kappa shape index (κ2) is 6.40. The molecule has 0 spiro atoms. The molecule has 1 rings (SSSR count). The molecule has 0 aliphatic rings. The van der Waals surface area contributed by atoms with Gasteiger partial charge in [0.2, 0.25) is 0 Å². The number of aromatic hydroxyl groups is 1. The molecule has 0 saturated heterocycles. The summed E-state index contributed by atoms with van der Waals surface area (Å²) in [6.45, 7) is 4.71. The van der Waals surface area contributed by atoms with E-state index in [0.717, 1.165) is 13.0 Å². The van der Waals surface area contributed by atoms with Crippen molar-refractivity contribution in [2.45, 2.75) is 26.3 Å². The molecule has 0 aliphatic heterocycles. The van der Waals surface area contributed by atoms with E-state index >= 15 is 0 Å². The van der Waals surface area contributed by atoms with Gasteiger partial charge in [0.25, 0.3) is 5.91 Å². The average molecular weight is 250 g/mol. The Morgan fingerprint density at radius 3 is 2.67 bits per heavy atom. The van der Waals surface area contributed by atoms with E-state index in [1.54, 1.807) is 25.1 Å². The largest absolute Gasteiger partial charge is 0.508 e. The minimum atomic E-state index is -0.0932. The summed E-state index contributed by atoms with van der Waals surface area (Å²) < 4.78 is 0. The third-order valence-corrected chi connectivity index (χ3v) is 2.85. The van der Waals surface area contributed by atoms with Gasteiger partial charge in [-0.3, -0.25) is 4.79 Å². The quantitative estimate of drug-likeness (QED) is 0.837. The van der Waals surface area contributed by atoms with Crippen LogP contribution in [0.2, 0.25) is 0 Å². The zero-order valence-electron chi connectivity index (χ0n) is 11.5. The van der Waals surface area contributed by atoms with Crippen molar-refractivity contribution >= 4 is 5.91 Å². The molecule has 0 saturated carbocycles. The number of phenols is 1. The minimum absolute atomic E-state index is 0.0932. The molecule has 4 nitrogen and oxygen atoms in total. The summed E-state index contributed by atoms with van der Waals surface area (Å²) in [6.07, 6.45) is 0.913. The molecular weight excluding hydrogens is 228 g/mol. The van der Waals surface area contributed by atoms with Gasteiger partial charge in [-0.2, -0.15) is 0 Å². The van der Waals surface area contributed by atoms with Gasteiger partial charge in [0.05, 0.1) is 0 Å². The lowest BCUT2D eigenvalue weighted by molar-refractivity contribution is 0.0936. The third kappa shape index (κ3) is 4.37. The highest BCUT2D eigenvalue weighted by atomic mass is 16.3. The van der Waals surface area contributed by atoms with Crippen molar-refractivity contribution < 1.29 is 9.90 Å². The van der Waals surface area contributed by atoms with E-state index < -0.39 is 0 Å². The number of carbonyl (C=O) groups excluding carboxylic acids is 1. The first-order valence-corrected chi connectivity index (χ1v) is 6.15. The van der Waals surface area contributed by atoms with Gasteiger partial charge in [0, 0.05) is 11.6 Å². The van der Waals surface area contributed by atoms with Crippen LogP contribution in [0, 0.1) is 6.92 Å². The first-order chi connectivity index (χ1) is 8.40. The van der Waals surface area contributed by atoms with E-state index in [0.29, 0.717) is 11.1 Å². The summed E-state index contributed by atoms with van der Waals surface area (Å²) in [5, 5.41) is 12.4. The summed E-state index contributed by atoms with van der Waals surface area (Å²) in [4.78, 5) is 14.0. The van der Waals surface area contributed by atoms with Gasteiger partial charge in [-0.05, 0) is 64.7 Å². The third-order valence-electron chi connectivity index (χ3n) is 2.85. The molecule has 4 heteroatoms. The monoisotopic (exact) mass is 250 g/mol. The molecule has 0 aliphatic carbocycles. The van der Waals surface area contributed by atoms with Crippen LogP contribution in [0.4, 0.5) is 0 Å². The fraction of sp³-hybridized carbons (Fsp3) is 0.500. The number of nitrogens with one attached hydrogen (secondary N) is 1. The predicted molar refractivity (Wildman–Crippen MR) is 72.9 cm³/mol. The van der Waals surface area contributed by atoms with E-state index in [1.165, 1.54) is 0 Å². The maximum Gasteiger partial charge on any atom is 0.251 e. The topological polar surface area (TPSA) is 52.6 Å². The standard InChI is InChI=1S/C14H22N2O2/c1-10-9-12(5-6-13(10)17)14(18)15-11(2)7-8-16(3)4/h5-6,9,11,17H,7-8H2,1-4H3,(H,15,18). The Morgan fingerprint density at radius 2 is 2.11 bits per heavy atom. The average Bonchev–Trinajstić information content (AvgIpc) is 2.30. The van der Waals surface area contributed by atoms with Crippen molar-refractivity contribution in [3.8, 4) is 5.75 Å². The molecule has 1 aromatic carbocycles. The van der Waals surface area contributed by atoms with Crippen LogP contribution in [0.1, 0.15) is 29.3 Å². The lowest BCUT2D eigenvalue weighted by Gasteiger charge is -2.17. The van der Waals surface area contributed by atoms with Gasteiger partial charge in [-0.25, -0.2) is 0 Å². The first-order valence-electron chi connectivity index (χ1n) is 6.15. The number of benzene rings is 1. The highest BCUT2D eigenvalue weighted by Crippen LogP contribution is 2.16. The number of amides is 1. The fourth-order valence-corrected chi connectivity index (χ4v) is 1.63. The molecule has 1 unspecified atom stereocenters. The molecule has 0 aromatic heterocycles. The Kier molecular flexibility index (Phi) is 5.16. The van der Waals surface area contributed by atoms with Gasteiger partial charge in [0.1, 0.15) is 5.75 Å². The van der Waals surface area contributed by atoms with Crippen LogP contribution in [-0.2, 0) is 0 Å². The van der Waals surface area contributed by atoms with Crippen molar-refractivity contribution in [1.82, 2.24) is 10.2 Å². The zero-order chi connectivity index (χ0) is 13.7. The molecule has 0 bridgehead atoms. The number of hydrogen-bond donors (Lipinski definition) is 2. The summed E-state index contributed by atoms with van der Waals surface area (Å²) >= 11 is 0. The fourth-order valence-electron chi connectivity index (χ4n) is 1.63. The van der Waals surface area contributed by atoms with E-state index in [4.69, 9.17) is 0 Å². The smallest absolute Gasteiger partial charge is 0.251 e. The normalized spacial score (nSPS) is 12.5. The lowest BCUT2D eigenvalue weighted by Crippen LogP contribution is -2.34. The van der Waals surface area contributed by atoms with Gasteiger partial charge in [-0.1, -0.05) is 0 Å². The summed E-state index contributed by atoms with van der Waals surface area (Å²) in [7, 11) is 4.02. The molecule has 2 N–H and O–H groups in total. The molecule has 100 valence electrons. The Morgan fingerprint density at radius 1 is 1.44 bits per heavy atom. The first kappa shape index (κ1) is 14.5. The van der Waals surface area contributed by atoms with Gasteiger partial charge < -0.3 is 15.3 Å². The van der Waals surface area contributed by atoms with Crippen LogP contribution in [0.15, 0.2) is 18.2 Å². The van der Waals surface area contributed by atoms with Crippen LogP contribution in [0.25, 0.3) is 0 Å². The maximum atomic E-state index is 12.0. The second-order valence-electron chi connectivity index (χ2n) is 4.97. The molecular formula is C14H22N2O2. The Labute approximate surface area is 109 Å². The number of aryl methyl sites for hydroxylation is 1.